The molecule has 4 heteroatoms. The van der Waals surface area contributed by atoms with E-state index in [0.717, 1.165) is 17.8 Å². The van der Waals surface area contributed by atoms with Crippen LogP contribution in [0.25, 0.3) is 0 Å². The molecule has 1 heterocycles. The number of hydrogen-bond acceptors (Lipinski definition) is 2. The van der Waals surface area contributed by atoms with E-state index >= 15 is 0 Å². The summed E-state index contributed by atoms with van der Waals surface area (Å²) in [4.78, 5) is 14.4. The second-order valence-electron chi connectivity index (χ2n) is 6.44. The van der Waals surface area contributed by atoms with Gasteiger partial charge in [0.2, 0.25) is 0 Å². The lowest BCUT2D eigenvalue weighted by atomic mass is 9.86. The summed E-state index contributed by atoms with van der Waals surface area (Å²) in [6, 6.07) is 7.58. The Labute approximate surface area is 127 Å². The summed E-state index contributed by atoms with van der Waals surface area (Å²) < 4.78 is 0. The summed E-state index contributed by atoms with van der Waals surface area (Å²) in [5.74, 6) is 1.05. The number of urea groups is 1. The number of piperidine rings is 1. The third kappa shape index (κ3) is 3.76. The number of amides is 2. The molecule has 21 heavy (non-hydrogen) atoms. The predicted molar refractivity (Wildman–Crippen MR) is 85.2 cm³/mol. The van der Waals surface area contributed by atoms with Crippen molar-refractivity contribution in [3.05, 3.63) is 29.8 Å². The van der Waals surface area contributed by atoms with Crippen LogP contribution in [0.5, 0.6) is 0 Å². The molecule has 0 bridgehead atoms. The Hall–Kier alpha value is -1.55. The van der Waals surface area contributed by atoms with Gasteiger partial charge in [0.05, 0.1) is 6.10 Å². The summed E-state index contributed by atoms with van der Waals surface area (Å²) in [7, 11) is 0. The van der Waals surface area contributed by atoms with Crippen LogP contribution < -0.4 is 5.32 Å². The zero-order valence-corrected chi connectivity index (χ0v) is 13.3. The highest BCUT2D eigenvalue weighted by atomic mass is 16.3. The first-order valence-electron chi connectivity index (χ1n) is 7.74. The van der Waals surface area contributed by atoms with E-state index in [2.05, 4.69) is 26.1 Å². The van der Waals surface area contributed by atoms with Crippen molar-refractivity contribution in [1.29, 1.82) is 0 Å². The number of carbonyl (C=O) groups excluding carboxylic acids is 1. The number of anilines is 1. The van der Waals surface area contributed by atoms with Crippen LogP contribution in [0.3, 0.4) is 0 Å². The fourth-order valence-corrected chi connectivity index (χ4v) is 3.05. The van der Waals surface area contributed by atoms with Gasteiger partial charge in [0.1, 0.15) is 0 Å². The Kier molecular flexibility index (Phi) is 4.88. The van der Waals surface area contributed by atoms with E-state index in [1.165, 1.54) is 6.42 Å². The Bertz CT molecular complexity index is 501. The third-order valence-corrected chi connectivity index (χ3v) is 4.48. The maximum absolute atomic E-state index is 12.5. The van der Waals surface area contributed by atoms with Gasteiger partial charge in [0.25, 0.3) is 0 Å². The molecule has 1 fully saturated rings. The average molecular weight is 290 g/mol. The van der Waals surface area contributed by atoms with Crippen LogP contribution in [0.1, 0.15) is 45.8 Å². The SMILES string of the molecule is CC1CC(C)C(C)N(C(=O)Nc2cccc(C(C)O)c2)C1. The quantitative estimate of drug-likeness (QED) is 0.873. The molecule has 4 atom stereocenters. The van der Waals surface area contributed by atoms with Crippen LogP contribution in [0, 0.1) is 11.8 Å². The van der Waals surface area contributed by atoms with Gasteiger partial charge in [-0.3, -0.25) is 0 Å². The van der Waals surface area contributed by atoms with Crippen molar-refractivity contribution >= 4 is 11.7 Å². The van der Waals surface area contributed by atoms with Crippen molar-refractivity contribution in [2.45, 2.75) is 46.3 Å². The summed E-state index contributed by atoms with van der Waals surface area (Å²) >= 11 is 0. The molecule has 1 aliphatic heterocycles. The molecule has 2 rings (SSSR count). The molecule has 0 saturated carbocycles. The minimum atomic E-state index is -0.532. The van der Waals surface area contributed by atoms with Crippen molar-refractivity contribution in [2.75, 3.05) is 11.9 Å². The van der Waals surface area contributed by atoms with Crippen LogP contribution in [-0.2, 0) is 0 Å². The largest absolute Gasteiger partial charge is 0.389 e. The van der Waals surface area contributed by atoms with Crippen molar-refractivity contribution < 1.29 is 9.90 Å². The average Bonchev–Trinajstić information content (AvgIpc) is 2.43. The zero-order valence-electron chi connectivity index (χ0n) is 13.3. The molecule has 0 spiro atoms. The second kappa shape index (κ2) is 6.48. The molecule has 0 aliphatic carbocycles. The summed E-state index contributed by atoms with van der Waals surface area (Å²) in [6.07, 6.45) is 0.637. The number of carbonyl (C=O) groups is 1. The molecule has 1 saturated heterocycles. The van der Waals surface area contributed by atoms with Crippen molar-refractivity contribution in [1.82, 2.24) is 4.90 Å². The highest BCUT2D eigenvalue weighted by Crippen LogP contribution is 2.27. The van der Waals surface area contributed by atoms with E-state index in [4.69, 9.17) is 0 Å². The molecule has 4 nitrogen and oxygen atoms in total. The van der Waals surface area contributed by atoms with Crippen LogP contribution in [-0.4, -0.2) is 28.6 Å². The Morgan fingerprint density at radius 2 is 2.10 bits per heavy atom. The van der Waals surface area contributed by atoms with Gasteiger partial charge in [-0.15, -0.1) is 0 Å². The summed E-state index contributed by atoms with van der Waals surface area (Å²) in [6.45, 7) is 9.03. The molecule has 1 aliphatic rings. The predicted octanol–water partition coefficient (Wildman–Crippen LogP) is 3.64. The maximum atomic E-state index is 12.5. The number of nitrogens with zero attached hydrogens (tertiary/aromatic N) is 1. The summed E-state index contributed by atoms with van der Waals surface area (Å²) in [5, 5.41) is 12.6. The number of likely N-dealkylation sites (tertiary alicyclic amines) is 1. The molecular weight excluding hydrogens is 264 g/mol. The van der Waals surface area contributed by atoms with Crippen molar-refractivity contribution in [2.24, 2.45) is 11.8 Å². The maximum Gasteiger partial charge on any atom is 0.322 e. The minimum absolute atomic E-state index is 0.0522. The molecule has 1 aromatic rings. The first-order chi connectivity index (χ1) is 9.88. The topological polar surface area (TPSA) is 52.6 Å². The normalized spacial score (nSPS) is 27.3. The smallest absolute Gasteiger partial charge is 0.322 e. The Balaban J connectivity index is 2.08. The standard InChI is InChI=1S/C17H26N2O2/c1-11-8-12(2)13(3)19(10-11)17(21)18-16-7-5-6-15(9-16)14(4)20/h5-7,9,11-14,20H,8,10H2,1-4H3,(H,18,21). The fourth-order valence-electron chi connectivity index (χ4n) is 3.05. The number of benzene rings is 1. The van der Waals surface area contributed by atoms with E-state index in [1.54, 1.807) is 6.92 Å². The number of nitrogens with one attached hydrogen (secondary N) is 1. The molecule has 1 aromatic carbocycles. The summed E-state index contributed by atoms with van der Waals surface area (Å²) in [5.41, 5.74) is 1.54. The molecule has 2 N–H and O–H groups in total. The Morgan fingerprint density at radius 1 is 1.38 bits per heavy atom. The number of aliphatic hydroxyl groups is 1. The monoisotopic (exact) mass is 290 g/mol. The van der Waals surface area contributed by atoms with E-state index in [9.17, 15) is 9.90 Å². The molecule has 116 valence electrons. The fraction of sp³-hybridized carbons (Fsp3) is 0.588. The van der Waals surface area contributed by atoms with Crippen LogP contribution >= 0.6 is 0 Å². The van der Waals surface area contributed by atoms with Crippen LogP contribution in [0.4, 0.5) is 10.5 Å². The zero-order chi connectivity index (χ0) is 15.6. The Morgan fingerprint density at radius 3 is 2.76 bits per heavy atom. The third-order valence-electron chi connectivity index (χ3n) is 4.48. The van der Waals surface area contributed by atoms with E-state index in [1.807, 2.05) is 29.2 Å². The van der Waals surface area contributed by atoms with Gasteiger partial charge < -0.3 is 15.3 Å². The number of rotatable bonds is 2. The van der Waals surface area contributed by atoms with Crippen LogP contribution in [0.15, 0.2) is 24.3 Å². The van der Waals surface area contributed by atoms with Crippen molar-refractivity contribution in [3.8, 4) is 0 Å². The molecular formula is C17H26N2O2. The van der Waals surface area contributed by atoms with Gasteiger partial charge in [-0.25, -0.2) is 4.79 Å². The first kappa shape index (κ1) is 15.8. The van der Waals surface area contributed by atoms with Gasteiger partial charge in [0.15, 0.2) is 0 Å². The lowest BCUT2D eigenvalue weighted by molar-refractivity contribution is 0.110. The van der Waals surface area contributed by atoms with Crippen molar-refractivity contribution in [3.63, 3.8) is 0 Å². The molecule has 0 aromatic heterocycles. The van der Waals surface area contributed by atoms with E-state index in [0.29, 0.717) is 11.8 Å². The highest BCUT2D eigenvalue weighted by molar-refractivity contribution is 5.89. The minimum Gasteiger partial charge on any atom is -0.389 e. The highest BCUT2D eigenvalue weighted by Gasteiger charge is 2.31. The van der Waals surface area contributed by atoms with Crippen LogP contribution in [0.2, 0.25) is 0 Å². The lowest BCUT2D eigenvalue weighted by Crippen LogP contribution is -2.50. The van der Waals surface area contributed by atoms with Gasteiger partial charge in [0, 0.05) is 18.3 Å². The van der Waals surface area contributed by atoms with E-state index < -0.39 is 6.10 Å². The molecule has 0 radical (unpaired) electrons. The van der Waals surface area contributed by atoms with Gasteiger partial charge in [-0.05, 0) is 49.8 Å². The molecule has 2 amide bonds. The molecule has 4 unspecified atom stereocenters. The number of aliphatic hydroxyl groups excluding tert-OH is 1. The first-order valence-corrected chi connectivity index (χ1v) is 7.74. The van der Waals surface area contributed by atoms with Gasteiger partial charge >= 0.3 is 6.03 Å². The van der Waals surface area contributed by atoms with E-state index in [-0.39, 0.29) is 12.1 Å². The van der Waals surface area contributed by atoms with Gasteiger partial charge in [-0.1, -0.05) is 26.0 Å². The lowest BCUT2D eigenvalue weighted by Gasteiger charge is -2.41. The number of hydrogen-bond donors (Lipinski definition) is 2. The second-order valence-corrected chi connectivity index (χ2v) is 6.44. The van der Waals surface area contributed by atoms with Gasteiger partial charge in [-0.2, -0.15) is 0 Å².